The zero-order valence-corrected chi connectivity index (χ0v) is 9.75. The second-order valence-corrected chi connectivity index (χ2v) is 3.54. The number of hydrogen-bond donors (Lipinski definition) is 1. The molecule has 0 aliphatic carbocycles. The second-order valence-electron chi connectivity index (χ2n) is 3.54. The van der Waals surface area contributed by atoms with Crippen molar-refractivity contribution >= 4 is 17.7 Å². The van der Waals surface area contributed by atoms with Gasteiger partial charge in [-0.15, -0.1) is 0 Å². The Kier molecular flexibility index (Phi) is 3.56. The molecule has 0 radical (unpaired) electrons. The highest BCUT2D eigenvalue weighted by Gasteiger charge is 2.24. The van der Waals surface area contributed by atoms with E-state index in [0.29, 0.717) is 18.8 Å². The number of cyclic esters (lactones) is 1. The van der Waals surface area contributed by atoms with E-state index in [-0.39, 0.29) is 18.5 Å². The van der Waals surface area contributed by atoms with Crippen molar-refractivity contribution in [2.24, 2.45) is 0 Å². The smallest absolute Gasteiger partial charge is 0.410 e. The Bertz CT molecular complexity index is 448. The van der Waals surface area contributed by atoms with Crippen molar-refractivity contribution in [3.05, 3.63) is 12.4 Å². The fourth-order valence-electron chi connectivity index (χ4n) is 1.43. The first-order valence-corrected chi connectivity index (χ1v) is 5.26. The van der Waals surface area contributed by atoms with E-state index in [4.69, 9.17) is 9.47 Å². The van der Waals surface area contributed by atoms with Gasteiger partial charge in [-0.2, -0.15) is 0 Å². The molecule has 1 fully saturated rings. The van der Waals surface area contributed by atoms with Crippen molar-refractivity contribution in [2.75, 3.05) is 32.1 Å². The van der Waals surface area contributed by atoms with Gasteiger partial charge in [0.1, 0.15) is 13.2 Å². The number of aromatic nitrogens is 2. The number of hydrogen-bond acceptors (Lipinski definition) is 6. The van der Waals surface area contributed by atoms with Gasteiger partial charge in [-0.25, -0.2) is 14.8 Å². The molecule has 0 saturated carbocycles. The normalized spacial score (nSPS) is 14.3. The van der Waals surface area contributed by atoms with Gasteiger partial charge in [0.05, 0.1) is 31.7 Å². The summed E-state index contributed by atoms with van der Waals surface area (Å²) in [4.78, 5) is 31.8. The molecule has 1 aromatic heterocycles. The van der Waals surface area contributed by atoms with Gasteiger partial charge in [-0.3, -0.25) is 9.69 Å². The minimum atomic E-state index is -0.476. The van der Waals surface area contributed by atoms with E-state index in [1.54, 1.807) is 0 Å². The Labute approximate surface area is 103 Å². The molecule has 1 aliphatic rings. The third-order valence-electron chi connectivity index (χ3n) is 2.27. The molecule has 0 spiro atoms. The van der Waals surface area contributed by atoms with Gasteiger partial charge in [-0.05, 0) is 0 Å². The summed E-state index contributed by atoms with van der Waals surface area (Å²) >= 11 is 0. The Balaban J connectivity index is 1.88. The molecule has 1 aliphatic heterocycles. The lowest BCUT2D eigenvalue weighted by Gasteiger charge is -2.11. The van der Waals surface area contributed by atoms with Gasteiger partial charge in [0.2, 0.25) is 5.91 Å². The summed E-state index contributed by atoms with van der Waals surface area (Å²) in [5.74, 6) is -0.331. The van der Waals surface area contributed by atoms with Gasteiger partial charge in [0.25, 0.3) is 0 Å². The van der Waals surface area contributed by atoms with Crippen LogP contribution in [0.15, 0.2) is 12.4 Å². The highest BCUT2D eigenvalue weighted by molar-refractivity contribution is 5.93. The number of anilines is 1. The zero-order chi connectivity index (χ0) is 13.0. The lowest BCUT2D eigenvalue weighted by molar-refractivity contribution is -0.116. The number of amides is 2. The SMILES string of the molecule is COc1ncc(NC(=O)CN2CCOC2=O)cn1. The van der Waals surface area contributed by atoms with Crippen molar-refractivity contribution < 1.29 is 19.1 Å². The van der Waals surface area contributed by atoms with Gasteiger partial charge < -0.3 is 14.8 Å². The Morgan fingerprint density at radius 1 is 1.56 bits per heavy atom. The molecule has 0 unspecified atom stereocenters. The average molecular weight is 252 g/mol. The summed E-state index contributed by atoms with van der Waals surface area (Å²) in [6.45, 7) is 0.688. The van der Waals surface area contributed by atoms with E-state index < -0.39 is 6.09 Å². The highest BCUT2D eigenvalue weighted by Crippen LogP contribution is 2.08. The number of rotatable bonds is 4. The lowest BCUT2D eigenvalue weighted by atomic mass is 10.4. The van der Waals surface area contributed by atoms with Gasteiger partial charge >= 0.3 is 12.1 Å². The summed E-state index contributed by atoms with van der Waals surface area (Å²) in [6.07, 6.45) is 2.37. The first kappa shape index (κ1) is 12.1. The molecule has 0 bridgehead atoms. The monoisotopic (exact) mass is 252 g/mol. The minimum absolute atomic E-state index is 0.0507. The van der Waals surface area contributed by atoms with Crippen LogP contribution in [0.3, 0.4) is 0 Å². The van der Waals surface area contributed by atoms with Crippen LogP contribution in [0.2, 0.25) is 0 Å². The van der Waals surface area contributed by atoms with Crippen molar-refractivity contribution in [3.63, 3.8) is 0 Å². The van der Waals surface area contributed by atoms with Crippen molar-refractivity contribution in [1.29, 1.82) is 0 Å². The molecule has 1 saturated heterocycles. The number of methoxy groups -OCH3 is 1. The fraction of sp³-hybridized carbons (Fsp3) is 0.400. The van der Waals surface area contributed by atoms with Crippen LogP contribution in [-0.4, -0.2) is 53.7 Å². The molecular formula is C10H12N4O4. The first-order valence-electron chi connectivity index (χ1n) is 5.26. The third kappa shape index (κ3) is 2.84. The number of ether oxygens (including phenoxy) is 2. The van der Waals surface area contributed by atoms with E-state index in [0.717, 1.165) is 0 Å². The Morgan fingerprint density at radius 2 is 2.28 bits per heavy atom. The number of carbonyl (C=O) groups excluding carboxylic acids is 2. The summed E-state index contributed by atoms with van der Waals surface area (Å²) in [7, 11) is 1.45. The van der Waals surface area contributed by atoms with Crippen LogP contribution in [0.5, 0.6) is 6.01 Å². The van der Waals surface area contributed by atoms with E-state index in [1.165, 1.54) is 24.4 Å². The highest BCUT2D eigenvalue weighted by atomic mass is 16.6. The predicted octanol–water partition coefficient (Wildman–Crippen LogP) is -0.124. The maximum absolute atomic E-state index is 11.6. The van der Waals surface area contributed by atoms with E-state index in [1.807, 2.05) is 0 Å². The molecule has 8 heteroatoms. The predicted molar refractivity (Wildman–Crippen MR) is 60.1 cm³/mol. The lowest BCUT2D eigenvalue weighted by Crippen LogP contribution is -2.33. The largest absolute Gasteiger partial charge is 0.467 e. The van der Waals surface area contributed by atoms with Gasteiger partial charge in [0.15, 0.2) is 0 Å². The standard InChI is InChI=1S/C10H12N4O4/c1-17-9-11-4-7(5-12-9)13-8(15)6-14-2-3-18-10(14)16/h4-5H,2-3,6H2,1H3,(H,13,15). The number of nitrogens with one attached hydrogen (secondary N) is 1. The quantitative estimate of drug-likeness (QED) is 0.802. The third-order valence-corrected chi connectivity index (χ3v) is 2.27. The van der Waals surface area contributed by atoms with Crippen LogP contribution in [0, 0.1) is 0 Å². The molecule has 2 rings (SSSR count). The molecule has 96 valence electrons. The van der Waals surface area contributed by atoms with Crippen molar-refractivity contribution in [2.45, 2.75) is 0 Å². The molecule has 0 aromatic carbocycles. The first-order chi connectivity index (χ1) is 8.69. The van der Waals surface area contributed by atoms with Crippen molar-refractivity contribution in [1.82, 2.24) is 14.9 Å². The van der Waals surface area contributed by atoms with Crippen LogP contribution in [-0.2, 0) is 9.53 Å². The van der Waals surface area contributed by atoms with Crippen LogP contribution in [0.1, 0.15) is 0 Å². The number of carbonyl (C=O) groups is 2. The molecule has 2 heterocycles. The maximum Gasteiger partial charge on any atom is 0.410 e. The van der Waals surface area contributed by atoms with Crippen LogP contribution in [0.25, 0.3) is 0 Å². The summed E-state index contributed by atoms with van der Waals surface area (Å²) < 4.78 is 9.50. The minimum Gasteiger partial charge on any atom is -0.467 e. The van der Waals surface area contributed by atoms with Crippen molar-refractivity contribution in [3.8, 4) is 6.01 Å². The Hall–Kier alpha value is -2.38. The molecular weight excluding hydrogens is 240 g/mol. The van der Waals surface area contributed by atoms with Gasteiger partial charge in [-0.1, -0.05) is 0 Å². The molecule has 1 aromatic rings. The molecule has 8 nitrogen and oxygen atoms in total. The van der Waals surface area contributed by atoms with Gasteiger partial charge in [0, 0.05) is 0 Å². The Morgan fingerprint density at radius 3 is 2.83 bits per heavy atom. The molecule has 2 amide bonds. The second kappa shape index (κ2) is 5.30. The summed E-state index contributed by atoms with van der Waals surface area (Å²) in [5.41, 5.74) is 0.438. The molecule has 0 atom stereocenters. The van der Waals surface area contributed by atoms with E-state index in [9.17, 15) is 9.59 Å². The average Bonchev–Trinajstić information content (AvgIpc) is 2.76. The fourth-order valence-corrected chi connectivity index (χ4v) is 1.43. The van der Waals surface area contributed by atoms with E-state index >= 15 is 0 Å². The maximum atomic E-state index is 11.6. The van der Waals surface area contributed by atoms with E-state index in [2.05, 4.69) is 15.3 Å². The van der Waals surface area contributed by atoms with Crippen LogP contribution >= 0.6 is 0 Å². The summed E-state index contributed by atoms with van der Waals surface area (Å²) in [5, 5.41) is 2.57. The summed E-state index contributed by atoms with van der Waals surface area (Å²) in [6, 6.07) is 0.219. The van der Waals surface area contributed by atoms with Crippen LogP contribution < -0.4 is 10.1 Å². The molecule has 18 heavy (non-hydrogen) atoms. The zero-order valence-electron chi connectivity index (χ0n) is 9.75. The topological polar surface area (TPSA) is 93.6 Å². The van der Waals surface area contributed by atoms with Crippen LogP contribution in [0.4, 0.5) is 10.5 Å². The number of nitrogens with zero attached hydrogens (tertiary/aromatic N) is 3. The molecule has 1 N–H and O–H groups in total.